The SMILES string of the molecule is COc1cc(CC(C)C(=O)O)cc2cc(-c3cccc(F)c3)oc12. The van der Waals surface area contributed by atoms with Crippen molar-refractivity contribution in [3.05, 3.63) is 53.8 Å². The van der Waals surface area contributed by atoms with Crippen molar-refractivity contribution >= 4 is 16.9 Å². The van der Waals surface area contributed by atoms with Gasteiger partial charge in [0, 0.05) is 10.9 Å². The van der Waals surface area contributed by atoms with Gasteiger partial charge in [0.05, 0.1) is 13.0 Å². The molecule has 0 aliphatic rings. The number of carboxylic acid groups (broad SMARTS) is 1. The molecule has 0 radical (unpaired) electrons. The van der Waals surface area contributed by atoms with Crippen LogP contribution in [-0.2, 0) is 11.2 Å². The number of halogens is 1. The van der Waals surface area contributed by atoms with E-state index in [0.29, 0.717) is 29.1 Å². The lowest BCUT2D eigenvalue weighted by atomic mass is 10.00. The van der Waals surface area contributed by atoms with E-state index in [4.69, 9.17) is 14.3 Å². The Labute approximate surface area is 138 Å². The van der Waals surface area contributed by atoms with Crippen LogP contribution in [0.1, 0.15) is 12.5 Å². The molecule has 3 aromatic rings. The summed E-state index contributed by atoms with van der Waals surface area (Å²) >= 11 is 0. The summed E-state index contributed by atoms with van der Waals surface area (Å²) in [6, 6.07) is 11.6. The molecule has 4 nitrogen and oxygen atoms in total. The van der Waals surface area contributed by atoms with Crippen molar-refractivity contribution in [3.63, 3.8) is 0 Å². The summed E-state index contributed by atoms with van der Waals surface area (Å²) in [5, 5.41) is 9.87. The van der Waals surface area contributed by atoms with E-state index in [2.05, 4.69) is 0 Å². The fourth-order valence-electron chi connectivity index (χ4n) is 2.67. The maximum absolute atomic E-state index is 13.4. The maximum atomic E-state index is 13.4. The summed E-state index contributed by atoms with van der Waals surface area (Å²) in [5.74, 6) is -0.617. The summed E-state index contributed by atoms with van der Waals surface area (Å²) in [4.78, 5) is 11.1. The first-order valence-corrected chi connectivity index (χ1v) is 7.57. The molecule has 0 saturated carbocycles. The molecule has 124 valence electrons. The van der Waals surface area contributed by atoms with Gasteiger partial charge >= 0.3 is 5.97 Å². The predicted molar refractivity (Wildman–Crippen MR) is 88.7 cm³/mol. The van der Waals surface area contributed by atoms with Gasteiger partial charge in [-0.15, -0.1) is 0 Å². The van der Waals surface area contributed by atoms with Crippen molar-refractivity contribution < 1.29 is 23.4 Å². The molecule has 5 heteroatoms. The molecule has 1 N–H and O–H groups in total. The van der Waals surface area contributed by atoms with Crippen LogP contribution in [0.2, 0.25) is 0 Å². The van der Waals surface area contributed by atoms with Crippen LogP contribution < -0.4 is 4.74 Å². The summed E-state index contributed by atoms with van der Waals surface area (Å²) in [6.45, 7) is 1.66. The highest BCUT2D eigenvalue weighted by Gasteiger charge is 2.16. The van der Waals surface area contributed by atoms with Crippen LogP contribution in [0.5, 0.6) is 5.75 Å². The number of carboxylic acids is 1. The van der Waals surface area contributed by atoms with Crippen LogP contribution in [-0.4, -0.2) is 18.2 Å². The molecule has 0 spiro atoms. The van der Waals surface area contributed by atoms with Crippen molar-refractivity contribution in [2.45, 2.75) is 13.3 Å². The summed E-state index contributed by atoms with van der Waals surface area (Å²) in [6.07, 6.45) is 0.391. The van der Waals surface area contributed by atoms with E-state index in [1.807, 2.05) is 12.1 Å². The highest BCUT2D eigenvalue weighted by molar-refractivity contribution is 5.88. The zero-order valence-corrected chi connectivity index (χ0v) is 13.4. The number of hydrogen-bond acceptors (Lipinski definition) is 3. The molecule has 1 heterocycles. The first-order chi connectivity index (χ1) is 11.5. The molecule has 1 aromatic heterocycles. The van der Waals surface area contributed by atoms with Crippen molar-refractivity contribution in [3.8, 4) is 17.1 Å². The number of fused-ring (bicyclic) bond motifs is 1. The van der Waals surface area contributed by atoms with Gasteiger partial charge in [0.25, 0.3) is 0 Å². The van der Waals surface area contributed by atoms with E-state index in [0.717, 1.165) is 10.9 Å². The maximum Gasteiger partial charge on any atom is 0.306 e. The number of carbonyl (C=O) groups is 1. The molecule has 0 bridgehead atoms. The average Bonchev–Trinajstić information content (AvgIpc) is 2.98. The van der Waals surface area contributed by atoms with Crippen LogP contribution in [0.4, 0.5) is 4.39 Å². The van der Waals surface area contributed by atoms with Gasteiger partial charge in [0.1, 0.15) is 11.6 Å². The Balaban J connectivity index is 2.06. The first kappa shape index (κ1) is 16.1. The Morgan fingerprint density at radius 3 is 2.75 bits per heavy atom. The van der Waals surface area contributed by atoms with Gasteiger partial charge in [0.15, 0.2) is 11.3 Å². The number of benzene rings is 2. The molecule has 0 amide bonds. The lowest BCUT2D eigenvalue weighted by Gasteiger charge is -2.08. The zero-order valence-electron chi connectivity index (χ0n) is 13.4. The van der Waals surface area contributed by atoms with Gasteiger partial charge in [-0.3, -0.25) is 4.79 Å². The molecular formula is C19H17FO4. The number of furan rings is 1. The molecule has 3 rings (SSSR count). The minimum atomic E-state index is -0.846. The number of ether oxygens (including phenoxy) is 1. The largest absolute Gasteiger partial charge is 0.493 e. The van der Waals surface area contributed by atoms with Crippen LogP contribution in [0, 0.1) is 11.7 Å². The Morgan fingerprint density at radius 2 is 2.08 bits per heavy atom. The van der Waals surface area contributed by atoms with Gasteiger partial charge in [-0.1, -0.05) is 19.1 Å². The highest BCUT2D eigenvalue weighted by Crippen LogP contribution is 2.35. The van der Waals surface area contributed by atoms with Crippen LogP contribution in [0.15, 0.2) is 46.9 Å². The molecular weight excluding hydrogens is 311 g/mol. The second kappa shape index (κ2) is 6.35. The summed E-state index contributed by atoms with van der Waals surface area (Å²) in [7, 11) is 1.53. The van der Waals surface area contributed by atoms with Crippen molar-refractivity contribution in [1.82, 2.24) is 0 Å². The average molecular weight is 328 g/mol. The van der Waals surface area contributed by atoms with E-state index >= 15 is 0 Å². The smallest absolute Gasteiger partial charge is 0.306 e. The van der Waals surface area contributed by atoms with Gasteiger partial charge in [-0.05, 0) is 42.3 Å². The molecule has 0 saturated heterocycles. The Bertz CT molecular complexity index is 898. The molecule has 0 aliphatic heterocycles. The van der Waals surface area contributed by atoms with Crippen molar-refractivity contribution in [1.29, 1.82) is 0 Å². The number of rotatable bonds is 5. The first-order valence-electron chi connectivity index (χ1n) is 7.57. The van der Waals surface area contributed by atoms with Gasteiger partial charge in [0.2, 0.25) is 0 Å². The van der Waals surface area contributed by atoms with E-state index in [9.17, 15) is 9.18 Å². The molecule has 24 heavy (non-hydrogen) atoms. The number of hydrogen-bond donors (Lipinski definition) is 1. The lowest BCUT2D eigenvalue weighted by Crippen LogP contribution is -2.12. The summed E-state index contributed by atoms with van der Waals surface area (Å²) in [5.41, 5.74) is 2.04. The van der Waals surface area contributed by atoms with Gasteiger partial charge < -0.3 is 14.3 Å². The number of methoxy groups -OCH3 is 1. The fourth-order valence-corrected chi connectivity index (χ4v) is 2.67. The minimum absolute atomic E-state index is 0.337. The van der Waals surface area contributed by atoms with Crippen molar-refractivity contribution in [2.24, 2.45) is 5.92 Å². The minimum Gasteiger partial charge on any atom is -0.493 e. The van der Waals surface area contributed by atoms with Gasteiger partial charge in [-0.25, -0.2) is 4.39 Å². The standard InChI is InChI=1S/C19H17FO4/c1-11(19(21)22)6-12-7-14-10-16(13-4-3-5-15(20)9-13)24-18(14)17(8-12)23-2/h3-5,7-11H,6H2,1-2H3,(H,21,22). The Kier molecular flexibility index (Phi) is 4.25. The second-order valence-corrected chi connectivity index (χ2v) is 5.78. The van der Waals surface area contributed by atoms with Crippen LogP contribution in [0.3, 0.4) is 0 Å². The highest BCUT2D eigenvalue weighted by atomic mass is 19.1. The quantitative estimate of drug-likeness (QED) is 0.748. The molecule has 1 unspecified atom stereocenters. The van der Waals surface area contributed by atoms with E-state index in [-0.39, 0.29) is 5.82 Å². The second-order valence-electron chi connectivity index (χ2n) is 5.78. The zero-order chi connectivity index (χ0) is 17.3. The molecule has 0 fully saturated rings. The van der Waals surface area contributed by atoms with E-state index < -0.39 is 11.9 Å². The fraction of sp³-hybridized carbons (Fsp3) is 0.211. The van der Waals surface area contributed by atoms with E-state index in [1.165, 1.54) is 19.2 Å². The molecule has 0 aliphatic carbocycles. The van der Waals surface area contributed by atoms with Crippen LogP contribution in [0.25, 0.3) is 22.3 Å². The molecule has 1 atom stereocenters. The topological polar surface area (TPSA) is 59.7 Å². The Hall–Kier alpha value is -2.82. The monoisotopic (exact) mass is 328 g/mol. The third-order valence-electron chi connectivity index (χ3n) is 3.93. The lowest BCUT2D eigenvalue weighted by molar-refractivity contribution is -0.141. The third kappa shape index (κ3) is 3.11. The normalized spacial score (nSPS) is 12.3. The Morgan fingerprint density at radius 1 is 1.29 bits per heavy atom. The van der Waals surface area contributed by atoms with Crippen molar-refractivity contribution in [2.75, 3.05) is 7.11 Å². The van der Waals surface area contributed by atoms with E-state index in [1.54, 1.807) is 25.1 Å². The van der Waals surface area contributed by atoms with Crippen LogP contribution >= 0.6 is 0 Å². The third-order valence-corrected chi connectivity index (χ3v) is 3.93. The molecule has 2 aromatic carbocycles. The van der Waals surface area contributed by atoms with Gasteiger partial charge in [-0.2, -0.15) is 0 Å². The number of aliphatic carboxylic acids is 1. The predicted octanol–water partition coefficient (Wildman–Crippen LogP) is 4.51. The summed E-state index contributed by atoms with van der Waals surface area (Å²) < 4.78 is 24.6.